The molecule has 1 aliphatic rings. The van der Waals surface area contributed by atoms with Crippen LogP contribution in [0, 0.1) is 6.92 Å². The maximum atomic E-state index is 5.37. The van der Waals surface area contributed by atoms with Crippen LogP contribution in [0.15, 0.2) is 6.20 Å². The van der Waals surface area contributed by atoms with Crippen LogP contribution in [-0.2, 0) is 0 Å². The molecule has 0 saturated carbocycles. The Bertz CT molecular complexity index is 408. The van der Waals surface area contributed by atoms with Gasteiger partial charge in [0, 0.05) is 37.4 Å². The van der Waals surface area contributed by atoms with E-state index in [-0.39, 0.29) is 0 Å². The van der Waals surface area contributed by atoms with E-state index in [0.29, 0.717) is 12.0 Å². The number of hydrazine groups is 1. The Kier molecular flexibility index (Phi) is 3.98. The molecule has 1 aromatic rings. The summed E-state index contributed by atoms with van der Waals surface area (Å²) in [6.07, 6.45) is 1.81. The maximum absolute atomic E-state index is 5.37. The molecule has 1 aliphatic heterocycles. The van der Waals surface area contributed by atoms with Gasteiger partial charge in [0.15, 0.2) is 0 Å². The van der Waals surface area contributed by atoms with Gasteiger partial charge in [0.1, 0.15) is 5.82 Å². The highest BCUT2D eigenvalue weighted by Crippen LogP contribution is 2.21. The Morgan fingerprint density at radius 3 is 2.89 bits per heavy atom. The molecule has 2 heterocycles. The van der Waals surface area contributed by atoms with Crippen molar-refractivity contribution in [3.8, 4) is 0 Å². The summed E-state index contributed by atoms with van der Waals surface area (Å²) in [5.74, 6) is 6.83. The van der Waals surface area contributed by atoms with Gasteiger partial charge in [-0.3, -0.25) is 10.3 Å². The summed E-state index contributed by atoms with van der Waals surface area (Å²) in [6, 6.07) is 0.549. The second-order valence-electron chi connectivity index (χ2n) is 4.77. The fourth-order valence-electron chi connectivity index (χ4n) is 2.48. The molecule has 0 aliphatic carbocycles. The summed E-state index contributed by atoms with van der Waals surface area (Å²) in [7, 11) is 0. The molecule has 1 unspecified atom stereocenters. The van der Waals surface area contributed by atoms with Crippen LogP contribution in [0.1, 0.15) is 19.4 Å². The van der Waals surface area contributed by atoms with Gasteiger partial charge in [-0.25, -0.2) is 10.8 Å². The fraction of sp³-hybridized carbons (Fsp3) is 0.667. The Morgan fingerprint density at radius 1 is 1.50 bits per heavy atom. The maximum Gasteiger partial charge on any atom is 0.239 e. The monoisotopic (exact) mass is 250 g/mol. The van der Waals surface area contributed by atoms with E-state index in [4.69, 9.17) is 5.84 Å². The highest BCUT2D eigenvalue weighted by atomic mass is 15.3. The van der Waals surface area contributed by atoms with Gasteiger partial charge in [-0.15, -0.1) is 0 Å². The van der Waals surface area contributed by atoms with Gasteiger partial charge >= 0.3 is 0 Å². The molecule has 6 heteroatoms. The predicted octanol–water partition coefficient (Wildman–Crippen LogP) is 0.601. The number of likely N-dealkylation sites (N-methyl/N-ethyl adjacent to an activating group) is 1. The van der Waals surface area contributed by atoms with Crippen molar-refractivity contribution >= 4 is 11.8 Å². The molecular weight excluding hydrogens is 228 g/mol. The molecule has 1 aromatic heterocycles. The molecule has 1 fully saturated rings. The van der Waals surface area contributed by atoms with E-state index >= 15 is 0 Å². The van der Waals surface area contributed by atoms with Gasteiger partial charge in [-0.2, -0.15) is 4.98 Å². The topological polar surface area (TPSA) is 70.3 Å². The number of aryl methyl sites for hydroxylation is 1. The van der Waals surface area contributed by atoms with Crippen LogP contribution < -0.4 is 16.2 Å². The third-order valence-electron chi connectivity index (χ3n) is 3.54. The number of aromatic nitrogens is 2. The van der Waals surface area contributed by atoms with Gasteiger partial charge < -0.3 is 4.90 Å². The number of hydrogen-bond acceptors (Lipinski definition) is 6. The van der Waals surface area contributed by atoms with E-state index < -0.39 is 0 Å². The third-order valence-corrected chi connectivity index (χ3v) is 3.54. The second-order valence-corrected chi connectivity index (χ2v) is 4.77. The lowest BCUT2D eigenvalue weighted by Crippen LogP contribution is -2.52. The molecule has 1 saturated heterocycles. The molecule has 100 valence electrons. The summed E-state index contributed by atoms with van der Waals surface area (Å²) in [6.45, 7) is 10.7. The lowest BCUT2D eigenvalue weighted by molar-refractivity contribution is 0.199. The zero-order valence-electron chi connectivity index (χ0n) is 11.3. The minimum Gasteiger partial charge on any atom is -0.353 e. The molecule has 18 heavy (non-hydrogen) atoms. The summed E-state index contributed by atoms with van der Waals surface area (Å²) in [5.41, 5.74) is 3.59. The molecule has 1 atom stereocenters. The van der Waals surface area contributed by atoms with Crippen LogP contribution in [0.5, 0.6) is 0 Å². The number of hydrogen-bond donors (Lipinski definition) is 2. The first-order valence-electron chi connectivity index (χ1n) is 6.45. The SMILES string of the molecule is CCN1CCN(c2nc(NN)ncc2C)CC1C. The van der Waals surface area contributed by atoms with E-state index in [1.807, 2.05) is 13.1 Å². The standard InChI is InChI=1S/C12H22N6/c1-4-17-5-6-18(8-10(17)3)11-9(2)7-14-12(15-11)16-13/h7,10H,4-6,8,13H2,1-3H3,(H,14,15,16). The number of rotatable bonds is 3. The van der Waals surface area contributed by atoms with Crippen LogP contribution in [0.4, 0.5) is 11.8 Å². The summed E-state index contributed by atoms with van der Waals surface area (Å²) in [4.78, 5) is 13.4. The van der Waals surface area contributed by atoms with Crippen molar-refractivity contribution in [2.45, 2.75) is 26.8 Å². The normalized spacial score (nSPS) is 21.1. The van der Waals surface area contributed by atoms with Crippen molar-refractivity contribution in [2.24, 2.45) is 5.84 Å². The van der Waals surface area contributed by atoms with E-state index in [9.17, 15) is 0 Å². The molecule has 6 nitrogen and oxygen atoms in total. The number of nitrogens with two attached hydrogens (primary N) is 1. The lowest BCUT2D eigenvalue weighted by Gasteiger charge is -2.40. The Hall–Kier alpha value is -1.40. The van der Waals surface area contributed by atoms with Crippen molar-refractivity contribution in [1.29, 1.82) is 0 Å². The van der Waals surface area contributed by atoms with Gasteiger partial charge in [-0.05, 0) is 20.4 Å². The van der Waals surface area contributed by atoms with E-state index in [1.165, 1.54) is 0 Å². The summed E-state index contributed by atoms with van der Waals surface area (Å²) >= 11 is 0. The fourth-order valence-corrected chi connectivity index (χ4v) is 2.48. The van der Waals surface area contributed by atoms with Crippen LogP contribution >= 0.6 is 0 Å². The largest absolute Gasteiger partial charge is 0.353 e. The molecule has 0 radical (unpaired) electrons. The van der Waals surface area contributed by atoms with E-state index in [1.54, 1.807) is 0 Å². The number of anilines is 2. The Morgan fingerprint density at radius 2 is 2.28 bits per heavy atom. The predicted molar refractivity (Wildman–Crippen MR) is 73.5 cm³/mol. The number of piperazine rings is 1. The second kappa shape index (κ2) is 5.49. The molecule has 3 N–H and O–H groups in total. The van der Waals surface area contributed by atoms with Crippen LogP contribution in [0.2, 0.25) is 0 Å². The van der Waals surface area contributed by atoms with Crippen molar-refractivity contribution in [2.75, 3.05) is 36.5 Å². The lowest BCUT2D eigenvalue weighted by atomic mass is 10.2. The molecule has 2 rings (SSSR count). The van der Waals surface area contributed by atoms with Crippen molar-refractivity contribution in [3.05, 3.63) is 11.8 Å². The molecule has 0 spiro atoms. The first-order valence-corrected chi connectivity index (χ1v) is 6.45. The van der Waals surface area contributed by atoms with Crippen molar-refractivity contribution in [1.82, 2.24) is 14.9 Å². The van der Waals surface area contributed by atoms with Crippen molar-refractivity contribution < 1.29 is 0 Å². The number of nitrogen functional groups attached to an aromatic ring is 1. The average molecular weight is 250 g/mol. The van der Waals surface area contributed by atoms with E-state index in [0.717, 1.165) is 37.6 Å². The highest BCUT2D eigenvalue weighted by molar-refractivity contribution is 5.49. The van der Waals surface area contributed by atoms with Crippen LogP contribution in [0.3, 0.4) is 0 Å². The van der Waals surface area contributed by atoms with Crippen LogP contribution in [-0.4, -0.2) is 47.1 Å². The first-order chi connectivity index (χ1) is 8.65. The Labute approximate surface area is 108 Å². The van der Waals surface area contributed by atoms with Crippen molar-refractivity contribution in [3.63, 3.8) is 0 Å². The minimum atomic E-state index is 0.473. The molecule has 0 aromatic carbocycles. The van der Waals surface area contributed by atoms with Gasteiger partial charge in [0.05, 0.1) is 0 Å². The van der Waals surface area contributed by atoms with Gasteiger partial charge in [0.25, 0.3) is 0 Å². The molecule has 0 bridgehead atoms. The zero-order chi connectivity index (χ0) is 13.1. The average Bonchev–Trinajstić information content (AvgIpc) is 2.39. The Balaban J connectivity index is 2.17. The first kappa shape index (κ1) is 13.0. The zero-order valence-corrected chi connectivity index (χ0v) is 11.3. The minimum absolute atomic E-state index is 0.473. The number of nitrogens with one attached hydrogen (secondary N) is 1. The third kappa shape index (κ3) is 2.54. The molecule has 0 amide bonds. The quantitative estimate of drug-likeness (QED) is 0.605. The van der Waals surface area contributed by atoms with Gasteiger partial charge in [-0.1, -0.05) is 6.92 Å². The highest BCUT2D eigenvalue weighted by Gasteiger charge is 2.24. The smallest absolute Gasteiger partial charge is 0.239 e. The van der Waals surface area contributed by atoms with Crippen LogP contribution in [0.25, 0.3) is 0 Å². The summed E-state index contributed by atoms with van der Waals surface area (Å²) in [5, 5.41) is 0. The number of nitrogens with zero attached hydrogens (tertiary/aromatic N) is 4. The van der Waals surface area contributed by atoms with Gasteiger partial charge in [0.2, 0.25) is 5.95 Å². The molecular formula is C12H22N6. The van der Waals surface area contributed by atoms with E-state index in [2.05, 4.69) is 39.0 Å². The summed E-state index contributed by atoms with van der Waals surface area (Å²) < 4.78 is 0.